The fourth-order valence-electron chi connectivity index (χ4n) is 2.34. The third-order valence-corrected chi connectivity index (χ3v) is 4.39. The van der Waals surface area contributed by atoms with E-state index in [1.807, 2.05) is 30.5 Å². The van der Waals surface area contributed by atoms with Gasteiger partial charge in [0.15, 0.2) is 6.61 Å². The lowest BCUT2D eigenvalue weighted by Crippen LogP contribution is -2.33. The van der Waals surface area contributed by atoms with E-state index in [-0.39, 0.29) is 13.0 Å². The van der Waals surface area contributed by atoms with Gasteiger partial charge in [0.1, 0.15) is 11.5 Å². The first-order chi connectivity index (χ1) is 12.5. The number of aliphatic carboxylic acids is 1. The van der Waals surface area contributed by atoms with Crippen LogP contribution in [-0.2, 0) is 9.59 Å². The van der Waals surface area contributed by atoms with Crippen molar-refractivity contribution in [2.75, 3.05) is 20.0 Å². The van der Waals surface area contributed by atoms with Crippen molar-refractivity contribution in [3.05, 3.63) is 54.1 Å². The van der Waals surface area contributed by atoms with Crippen molar-refractivity contribution in [2.45, 2.75) is 17.4 Å². The maximum absolute atomic E-state index is 12.2. The number of carboxylic acids is 1. The number of nitrogens with one attached hydrogen (secondary N) is 1. The van der Waals surface area contributed by atoms with Crippen LogP contribution in [0.5, 0.6) is 11.5 Å². The molecule has 0 saturated heterocycles. The highest BCUT2D eigenvalue weighted by Crippen LogP contribution is 2.22. The predicted molar refractivity (Wildman–Crippen MR) is 99.8 cm³/mol. The van der Waals surface area contributed by atoms with E-state index in [9.17, 15) is 9.59 Å². The Hall–Kier alpha value is -2.67. The Morgan fingerprint density at radius 2 is 1.85 bits per heavy atom. The zero-order valence-electron chi connectivity index (χ0n) is 14.6. The summed E-state index contributed by atoms with van der Waals surface area (Å²) >= 11 is 1.59. The van der Waals surface area contributed by atoms with Gasteiger partial charge >= 0.3 is 5.97 Å². The van der Waals surface area contributed by atoms with Crippen molar-refractivity contribution in [2.24, 2.45) is 0 Å². The summed E-state index contributed by atoms with van der Waals surface area (Å²) in [4.78, 5) is 24.4. The van der Waals surface area contributed by atoms with E-state index in [1.54, 1.807) is 43.1 Å². The van der Waals surface area contributed by atoms with Crippen LogP contribution < -0.4 is 14.8 Å². The highest BCUT2D eigenvalue weighted by Gasteiger charge is 2.18. The second-order valence-corrected chi connectivity index (χ2v) is 6.34. The average Bonchev–Trinajstić information content (AvgIpc) is 2.65. The number of benzene rings is 2. The quantitative estimate of drug-likeness (QED) is 0.655. The first kappa shape index (κ1) is 19.7. The monoisotopic (exact) mass is 375 g/mol. The van der Waals surface area contributed by atoms with E-state index < -0.39 is 17.9 Å². The van der Waals surface area contributed by atoms with Crippen molar-refractivity contribution >= 4 is 23.6 Å². The molecule has 2 aromatic rings. The standard InChI is InChI=1S/C19H21NO5S/c1-24-14-4-3-5-15(10-14)25-12-18(21)20-17(11-19(22)23)13-6-8-16(26-2)9-7-13/h3-10,17H,11-12H2,1-2H3,(H,20,21)(H,22,23). The van der Waals surface area contributed by atoms with Crippen LogP contribution in [-0.4, -0.2) is 37.0 Å². The molecule has 2 N–H and O–H groups in total. The van der Waals surface area contributed by atoms with Crippen LogP contribution in [0.25, 0.3) is 0 Å². The number of methoxy groups -OCH3 is 1. The number of amides is 1. The molecule has 2 aromatic carbocycles. The minimum Gasteiger partial charge on any atom is -0.497 e. The lowest BCUT2D eigenvalue weighted by Gasteiger charge is -2.18. The summed E-state index contributed by atoms with van der Waals surface area (Å²) in [6.45, 7) is -0.216. The highest BCUT2D eigenvalue weighted by molar-refractivity contribution is 7.98. The number of carboxylic acid groups (broad SMARTS) is 1. The third-order valence-electron chi connectivity index (χ3n) is 3.64. The van der Waals surface area contributed by atoms with Crippen LogP contribution in [0.1, 0.15) is 18.0 Å². The largest absolute Gasteiger partial charge is 0.497 e. The molecule has 6 nitrogen and oxygen atoms in total. The molecule has 0 radical (unpaired) electrons. The molecule has 1 atom stereocenters. The highest BCUT2D eigenvalue weighted by atomic mass is 32.2. The van der Waals surface area contributed by atoms with Gasteiger partial charge in [0, 0.05) is 11.0 Å². The summed E-state index contributed by atoms with van der Waals surface area (Å²) in [5.41, 5.74) is 0.736. The fraction of sp³-hybridized carbons (Fsp3) is 0.263. The van der Waals surface area contributed by atoms with Gasteiger partial charge in [0.25, 0.3) is 5.91 Å². The first-order valence-corrected chi connectivity index (χ1v) is 9.16. The summed E-state index contributed by atoms with van der Waals surface area (Å²) in [5.74, 6) is -0.259. The van der Waals surface area contributed by atoms with Crippen LogP contribution >= 0.6 is 11.8 Å². The van der Waals surface area contributed by atoms with Crippen molar-refractivity contribution in [3.63, 3.8) is 0 Å². The van der Waals surface area contributed by atoms with Gasteiger partial charge in [-0.1, -0.05) is 18.2 Å². The van der Waals surface area contributed by atoms with E-state index in [1.165, 1.54) is 0 Å². The Morgan fingerprint density at radius 1 is 1.15 bits per heavy atom. The molecular weight excluding hydrogens is 354 g/mol. The Bertz CT molecular complexity index is 748. The number of rotatable bonds is 9. The Labute approximate surface area is 156 Å². The van der Waals surface area contributed by atoms with Gasteiger partial charge in [0.05, 0.1) is 19.6 Å². The number of carbonyl (C=O) groups is 2. The van der Waals surface area contributed by atoms with Crippen LogP contribution in [0.3, 0.4) is 0 Å². The molecular formula is C19H21NO5S. The Balaban J connectivity index is 1.99. The van der Waals surface area contributed by atoms with Gasteiger partial charge in [-0.2, -0.15) is 0 Å². The first-order valence-electron chi connectivity index (χ1n) is 7.93. The second kappa shape index (κ2) is 9.72. The molecule has 0 aliphatic rings. The molecule has 0 fully saturated rings. The summed E-state index contributed by atoms with van der Waals surface area (Å²) in [6, 6.07) is 13.7. The van der Waals surface area contributed by atoms with Gasteiger partial charge in [-0.15, -0.1) is 11.8 Å². The average molecular weight is 375 g/mol. The zero-order chi connectivity index (χ0) is 18.9. The van der Waals surface area contributed by atoms with Gasteiger partial charge in [-0.3, -0.25) is 9.59 Å². The van der Waals surface area contributed by atoms with Crippen molar-refractivity contribution in [1.29, 1.82) is 0 Å². The van der Waals surface area contributed by atoms with E-state index in [0.717, 1.165) is 10.5 Å². The Morgan fingerprint density at radius 3 is 2.46 bits per heavy atom. The Kier molecular flexibility index (Phi) is 7.35. The van der Waals surface area contributed by atoms with E-state index in [4.69, 9.17) is 14.6 Å². The van der Waals surface area contributed by atoms with Crippen LogP contribution in [0.4, 0.5) is 0 Å². The lowest BCUT2D eigenvalue weighted by atomic mass is 10.0. The van der Waals surface area contributed by atoms with Crippen molar-refractivity contribution in [3.8, 4) is 11.5 Å². The molecule has 0 aliphatic heterocycles. The van der Waals surface area contributed by atoms with Gasteiger partial charge in [-0.05, 0) is 36.1 Å². The second-order valence-electron chi connectivity index (χ2n) is 5.46. The van der Waals surface area contributed by atoms with Crippen molar-refractivity contribution < 1.29 is 24.2 Å². The number of ether oxygens (including phenoxy) is 2. The van der Waals surface area contributed by atoms with Crippen LogP contribution in [0, 0.1) is 0 Å². The predicted octanol–water partition coefficient (Wildman–Crippen LogP) is 3.13. The summed E-state index contributed by atoms with van der Waals surface area (Å²) in [7, 11) is 1.55. The molecule has 0 saturated carbocycles. The molecule has 0 heterocycles. The van der Waals surface area contributed by atoms with E-state index in [0.29, 0.717) is 11.5 Å². The SMILES string of the molecule is COc1cccc(OCC(=O)NC(CC(=O)O)c2ccc(SC)cc2)c1. The molecule has 26 heavy (non-hydrogen) atoms. The molecule has 1 amide bonds. The molecule has 0 aromatic heterocycles. The normalized spacial score (nSPS) is 11.5. The van der Waals surface area contributed by atoms with Crippen molar-refractivity contribution in [1.82, 2.24) is 5.32 Å². The molecule has 0 spiro atoms. The minimum absolute atomic E-state index is 0.205. The van der Waals surface area contributed by atoms with E-state index in [2.05, 4.69) is 5.32 Å². The summed E-state index contributed by atoms with van der Waals surface area (Å²) < 4.78 is 10.5. The van der Waals surface area contributed by atoms with Gasteiger partial charge in [-0.25, -0.2) is 0 Å². The van der Waals surface area contributed by atoms with Crippen LogP contribution in [0.2, 0.25) is 0 Å². The lowest BCUT2D eigenvalue weighted by molar-refractivity contribution is -0.137. The molecule has 7 heteroatoms. The molecule has 2 rings (SSSR count). The van der Waals surface area contributed by atoms with E-state index >= 15 is 0 Å². The zero-order valence-corrected chi connectivity index (χ0v) is 15.4. The maximum Gasteiger partial charge on any atom is 0.305 e. The molecule has 1 unspecified atom stereocenters. The number of carbonyl (C=O) groups excluding carboxylic acids is 1. The van der Waals surface area contributed by atoms with Gasteiger partial charge in [0.2, 0.25) is 0 Å². The number of hydrogen-bond donors (Lipinski definition) is 2. The molecule has 0 bridgehead atoms. The summed E-state index contributed by atoms with van der Waals surface area (Å²) in [5, 5.41) is 11.8. The third kappa shape index (κ3) is 6.00. The fourth-order valence-corrected chi connectivity index (χ4v) is 2.75. The minimum atomic E-state index is -0.988. The molecule has 138 valence electrons. The topological polar surface area (TPSA) is 84.9 Å². The van der Waals surface area contributed by atoms with Crippen LogP contribution in [0.15, 0.2) is 53.4 Å². The number of hydrogen-bond acceptors (Lipinski definition) is 5. The molecule has 0 aliphatic carbocycles. The van der Waals surface area contributed by atoms with Gasteiger partial charge < -0.3 is 19.9 Å². The smallest absolute Gasteiger partial charge is 0.305 e. The maximum atomic E-state index is 12.2. The summed E-state index contributed by atoms with van der Waals surface area (Å²) in [6.07, 6.45) is 1.75. The number of thioether (sulfide) groups is 1.